The number of benzene rings is 1. The maximum Gasteiger partial charge on any atom is 0.274 e. The van der Waals surface area contributed by atoms with Gasteiger partial charge in [0.1, 0.15) is 5.71 Å². The van der Waals surface area contributed by atoms with Crippen molar-refractivity contribution in [2.24, 2.45) is 10.3 Å². The average molecular weight is 189 g/mol. The third-order valence-electron chi connectivity index (χ3n) is 1.97. The lowest BCUT2D eigenvalue weighted by molar-refractivity contribution is -0.120. The molecule has 1 aliphatic heterocycles. The molecular weight excluding hydrogens is 182 g/mol. The number of hydrazone groups is 1. The lowest BCUT2D eigenvalue weighted by atomic mass is 10.0. The van der Waals surface area contributed by atoms with Crippen molar-refractivity contribution < 1.29 is 4.79 Å². The zero-order valence-corrected chi connectivity index (χ0v) is 7.18. The molecule has 1 aliphatic rings. The van der Waals surface area contributed by atoms with Crippen LogP contribution in [0.25, 0.3) is 0 Å². The summed E-state index contributed by atoms with van der Waals surface area (Å²) in [5, 5.41) is 6.50. The molecule has 1 heterocycles. The van der Waals surface area contributed by atoms with Crippen molar-refractivity contribution in [3.63, 3.8) is 0 Å². The van der Waals surface area contributed by atoms with Crippen LogP contribution in [0.1, 0.15) is 5.56 Å². The Morgan fingerprint density at radius 1 is 1.29 bits per heavy atom. The van der Waals surface area contributed by atoms with Crippen molar-refractivity contribution in [2.75, 3.05) is 0 Å². The quantitative estimate of drug-likeness (QED) is 0.694. The summed E-state index contributed by atoms with van der Waals surface area (Å²) in [6.07, 6.45) is 0. The maximum absolute atomic E-state index is 11.1. The summed E-state index contributed by atoms with van der Waals surface area (Å²) in [6, 6.07) is 7.99. The molecule has 1 aromatic rings. The van der Waals surface area contributed by atoms with E-state index in [4.69, 9.17) is 0 Å². The molecule has 0 fully saturated rings. The van der Waals surface area contributed by atoms with E-state index in [1.165, 1.54) is 0 Å². The van der Waals surface area contributed by atoms with Gasteiger partial charge in [-0.05, 0) is 5.18 Å². The van der Waals surface area contributed by atoms with E-state index in [0.717, 1.165) is 5.56 Å². The molecule has 2 rings (SSSR count). The van der Waals surface area contributed by atoms with Gasteiger partial charge in [0.25, 0.3) is 5.91 Å². The molecule has 0 saturated heterocycles. The van der Waals surface area contributed by atoms with Crippen molar-refractivity contribution >= 4 is 11.6 Å². The van der Waals surface area contributed by atoms with E-state index in [9.17, 15) is 9.70 Å². The van der Waals surface area contributed by atoms with Gasteiger partial charge in [-0.2, -0.15) is 5.10 Å². The number of nitroso groups, excluding NO2 is 1. The molecule has 1 atom stereocenters. The van der Waals surface area contributed by atoms with Crippen molar-refractivity contribution in [1.82, 2.24) is 5.43 Å². The molecule has 14 heavy (non-hydrogen) atoms. The number of hydrogen-bond donors (Lipinski definition) is 1. The Morgan fingerprint density at radius 3 is 2.64 bits per heavy atom. The molecule has 0 aliphatic carbocycles. The van der Waals surface area contributed by atoms with E-state index < -0.39 is 11.9 Å². The predicted octanol–water partition coefficient (Wildman–Crippen LogP) is 0.655. The summed E-state index contributed by atoms with van der Waals surface area (Å²) in [5.41, 5.74) is 3.34. The van der Waals surface area contributed by atoms with Crippen LogP contribution in [0.15, 0.2) is 40.6 Å². The molecule has 1 unspecified atom stereocenters. The van der Waals surface area contributed by atoms with Gasteiger partial charge < -0.3 is 0 Å². The second-order valence-electron chi connectivity index (χ2n) is 2.85. The number of nitrogens with zero attached hydrogens (tertiary/aromatic N) is 2. The third kappa shape index (κ3) is 1.28. The highest BCUT2D eigenvalue weighted by Gasteiger charge is 2.31. The first kappa shape index (κ1) is 8.55. The fourth-order valence-corrected chi connectivity index (χ4v) is 1.29. The lowest BCUT2D eigenvalue weighted by Crippen LogP contribution is -2.26. The summed E-state index contributed by atoms with van der Waals surface area (Å²) in [6.45, 7) is 0. The Morgan fingerprint density at radius 2 is 2.00 bits per heavy atom. The highest BCUT2D eigenvalue weighted by Crippen LogP contribution is 2.11. The van der Waals surface area contributed by atoms with Crippen LogP contribution >= 0.6 is 0 Å². The van der Waals surface area contributed by atoms with Crippen LogP contribution in [0, 0.1) is 4.91 Å². The Bertz CT molecular complexity index is 400. The van der Waals surface area contributed by atoms with Gasteiger partial charge in [0.2, 0.25) is 6.04 Å². The van der Waals surface area contributed by atoms with Crippen molar-refractivity contribution in [3.05, 3.63) is 40.8 Å². The smallest absolute Gasteiger partial charge is 0.270 e. The lowest BCUT2D eigenvalue weighted by Gasteiger charge is -2.00. The van der Waals surface area contributed by atoms with Gasteiger partial charge in [0.15, 0.2) is 0 Å². The van der Waals surface area contributed by atoms with Crippen molar-refractivity contribution in [3.8, 4) is 0 Å². The van der Waals surface area contributed by atoms with E-state index in [1.54, 1.807) is 12.1 Å². The van der Waals surface area contributed by atoms with Crippen molar-refractivity contribution in [2.45, 2.75) is 6.04 Å². The standard InChI is InChI=1S/C9H7N3O2/c13-9-8(12-14)7(10-11-9)6-4-2-1-3-5-6/h1-5,8H,(H,11,13). The number of nitrogens with one attached hydrogen (secondary N) is 1. The number of carbonyl (C=O) groups excluding carboxylic acids is 1. The second-order valence-corrected chi connectivity index (χ2v) is 2.85. The monoisotopic (exact) mass is 189 g/mol. The summed E-state index contributed by atoms with van der Waals surface area (Å²) >= 11 is 0. The Labute approximate surface area is 79.8 Å². The summed E-state index contributed by atoms with van der Waals surface area (Å²) in [7, 11) is 0. The minimum atomic E-state index is -1.02. The van der Waals surface area contributed by atoms with Crippen LogP contribution in [-0.2, 0) is 4.79 Å². The van der Waals surface area contributed by atoms with Crippen molar-refractivity contribution in [1.29, 1.82) is 0 Å². The first-order valence-corrected chi connectivity index (χ1v) is 4.08. The Balaban J connectivity index is 2.37. The fraction of sp³-hybridized carbons (Fsp3) is 0.111. The molecule has 0 bridgehead atoms. The molecule has 5 nitrogen and oxygen atoms in total. The molecule has 0 radical (unpaired) electrons. The van der Waals surface area contributed by atoms with E-state index in [1.807, 2.05) is 18.2 Å². The highest BCUT2D eigenvalue weighted by atomic mass is 16.3. The van der Waals surface area contributed by atoms with Gasteiger partial charge >= 0.3 is 0 Å². The normalized spacial score (nSPS) is 20.1. The molecular formula is C9H7N3O2. The molecule has 1 amide bonds. The topological polar surface area (TPSA) is 70.9 Å². The van der Waals surface area contributed by atoms with Gasteiger partial charge in [-0.25, -0.2) is 5.43 Å². The van der Waals surface area contributed by atoms with Gasteiger partial charge in [0.05, 0.1) is 0 Å². The van der Waals surface area contributed by atoms with E-state index >= 15 is 0 Å². The average Bonchev–Trinajstić information content (AvgIpc) is 2.61. The number of hydrogen-bond acceptors (Lipinski definition) is 4. The highest BCUT2D eigenvalue weighted by molar-refractivity contribution is 6.19. The number of rotatable bonds is 2. The fourth-order valence-electron chi connectivity index (χ4n) is 1.29. The van der Waals surface area contributed by atoms with Crippen LogP contribution in [0.4, 0.5) is 0 Å². The largest absolute Gasteiger partial charge is 0.274 e. The summed E-state index contributed by atoms with van der Waals surface area (Å²) in [5.74, 6) is -0.473. The predicted molar refractivity (Wildman–Crippen MR) is 50.7 cm³/mol. The summed E-state index contributed by atoms with van der Waals surface area (Å²) in [4.78, 5) is 21.5. The third-order valence-corrected chi connectivity index (χ3v) is 1.97. The van der Waals surface area contributed by atoms with E-state index in [2.05, 4.69) is 15.7 Å². The molecule has 0 spiro atoms. The van der Waals surface area contributed by atoms with Gasteiger partial charge in [-0.3, -0.25) is 4.79 Å². The van der Waals surface area contributed by atoms with E-state index in [0.29, 0.717) is 5.71 Å². The number of carbonyl (C=O) groups is 1. The molecule has 5 heteroatoms. The minimum absolute atomic E-state index is 0.380. The SMILES string of the molecule is O=NC1C(=O)NN=C1c1ccccc1. The van der Waals surface area contributed by atoms with Gasteiger partial charge in [-0.1, -0.05) is 30.3 Å². The minimum Gasteiger partial charge on any atom is -0.270 e. The van der Waals surface area contributed by atoms with Gasteiger partial charge in [0, 0.05) is 5.56 Å². The maximum atomic E-state index is 11.1. The van der Waals surface area contributed by atoms with Crippen LogP contribution < -0.4 is 5.43 Å². The van der Waals surface area contributed by atoms with Crippen LogP contribution in [0.5, 0.6) is 0 Å². The zero-order chi connectivity index (χ0) is 9.97. The molecule has 0 saturated carbocycles. The van der Waals surface area contributed by atoms with Crippen LogP contribution in [-0.4, -0.2) is 17.7 Å². The Kier molecular flexibility index (Phi) is 2.06. The van der Waals surface area contributed by atoms with E-state index in [-0.39, 0.29) is 0 Å². The van der Waals surface area contributed by atoms with Crippen LogP contribution in [0.2, 0.25) is 0 Å². The first-order chi connectivity index (χ1) is 6.83. The molecule has 1 aromatic carbocycles. The summed E-state index contributed by atoms with van der Waals surface area (Å²) < 4.78 is 0. The second kappa shape index (κ2) is 3.37. The zero-order valence-electron chi connectivity index (χ0n) is 7.18. The molecule has 70 valence electrons. The number of amides is 1. The molecule has 0 aromatic heterocycles. The van der Waals surface area contributed by atoms with Crippen LogP contribution in [0.3, 0.4) is 0 Å². The van der Waals surface area contributed by atoms with Gasteiger partial charge in [-0.15, -0.1) is 4.91 Å². The first-order valence-electron chi connectivity index (χ1n) is 4.08. The Hall–Kier alpha value is -2.04. The molecule has 1 N–H and O–H groups in total.